The molecular weight excluding hydrogens is 743 g/mol. The Morgan fingerprint density at radius 1 is 0.288 bits per heavy atom. The van der Waals surface area contributed by atoms with Gasteiger partial charge in [-0.1, -0.05) is 103 Å². The predicted molar refractivity (Wildman–Crippen MR) is 220 cm³/mol. The molecule has 3 N–H and O–H groups in total. The molecular formula is C49H27N3O7. The number of ketones is 6. The molecule has 0 aromatic heterocycles. The van der Waals surface area contributed by atoms with Gasteiger partial charge in [0.1, 0.15) is 0 Å². The highest BCUT2D eigenvalue weighted by molar-refractivity contribution is 6.35. The summed E-state index contributed by atoms with van der Waals surface area (Å²) in [6, 6.07) is 38.9. The van der Waals surface area contributed by atoms with E-state index in [1.807, 2.05) is 0 Å². The Kier molecular flexibility index (Phi) is 7.96. The van der Waals surface area contributed by atoms with Crippen molar-refractivity contribution in [2.75, 3.05) is 16.0 Å². The third-order valence-corrected chi connectivity index (χ3v) is 10.9. The van der Waals surface area contributed by atoms with Crippen molar-refractivity contribution < 1.29 is 33.6 Å². The van der Waals surface area contributed by atoms with Gasteiger partial charge < -0.3 is 16.0 Å². The van der Waals surface area contributed by atoms with Gasteiger partial charge in [0, 0.05) is 44.5 Å². The molecule has 280 valence electrons. The van der Waals surface area contributed by atoms with Gasteiger partial charge in [0.25, 0.3) is 5.91 Å². The molecule has 0 saturated heterocycles. The minimum absolute atomic E-state index is 0.0262. The van der Waals surface area contributed by atoms with Gasteiger partial charge in [-0.05, 0) is 42.5 Å². The van der Waals surface area contributed by atoms with Crippen LogP contribution in [0.4, 0.5) is 28.4 Å². The fourth-order valence-electron chi connectivity index (χ4n) is 8.21. The van der Waals surface area contributed by atoms with Crippen LogP contribution in [0.3, 0.4) is 0 Å². The summed E-state index contributed by atoms with van der Waals surface area (Å²) in [5.41, 5.74) is 2.72. The molecule has 3 aliphatic carbocycles. The lowest BCUT2D eigenvalue weighted by molar-refractivity contribution is 0.0979. The number of anilines is 5. The number of rotatable bonds is 6. The maximum atomic E-state index is 15.1. The highest BCUT2D eigenvalue weighted by Gasteiger charge is 2.38. The molecule has 10 nitrogen and oxygen atoms in total. The first kappa shape index (κ1) is 35.1. The first-order valence-electron chi connectivity index (χ1n) is 18.6. The first-order valence-corrected chi connectivity index (χ1v) is 18.6. The highest BCUT2D eigenvalue weighted by atomic mass is 16.2. The maximum Gasteiger partial charge on any atom is 0.255 e. The standard InChI is InChI=1S/C49H27N3O7/c53-43-26-13-4-6-15-28(26)45(55)38-30(43)17-8-20-33(38)50-36-23-24-37(51-34-21-9-18-31-39(34)46(56)29-16-7-5-14-27(29)44(31)54)42-41(36)47(57)32-19-10-22-35(40(32)48(42)58)52-49(59)25-11-2-1-3-12-25/h1-24,50-51H,(H,52,59). The van der Waals surface area contributed by atoms with Crippen molar-refractivity contribution in [3.05, 3.63) is 218 Å². The monoisotopic (exact) mass is 769 g/mol. The van der Waals surface area contributed by atoms with Crippen LogP contribution < -0.4 is 16.0 Å². The van der Waals surface area contributed by atoms with E-state index in [9.17, 15) is 28.8 Å². The summed E-state index contributed by atoms with van der Waals surface area (Å²) >= 11 is 0. The summed E-state index contributed by atoms with van der Waals surface area (Å²) in [6.45, 7) is 0. The van der Waals surface area contributed by atoms with Gasteiger partial charge in [-0.15, -0.1) is 0 Å². The zero-order chi connectivity index (χ0) is 40.5. The Bertz CT molecular complexity index is 3110. The van der Waals surface area contributed by atoms with Gasteiger partial charge in [0.2, 0.25) is 0 Å². The van der Waals surface area contributed by atoms with E-state index in [0.717, 1.165) is 0 Å². The van der Waals surface area contributed by atoms with E-state index in [1.54, 1.807) is 133 Å². The van der Waals surface area contributed by atoms with Crippen LogP contribution in [-0.4, -0.2) is 40.6 Å². The summed E-state index contributed by atoms with van der Waals surface area (Å²) in [5, 5.41) is 9.23. The SMILES string of the molecule is O=C(Nc1cccc2c1C(=O)c1c(Nc3cccc4c3C(=O)c3ccccc3C4=O)ccc(Nc3cccc4c3C(=O)c3ccccc3C4=O)c1C2=O)c1ccccc1. The summed E-state index contributed by atoms with van der Waals surface area (Å²) in [7, 11) is 0. The Balaban J connectivity index is 1.13. The molecule has 0 radical (unpaired) electrons. The molecule has 7 aromatic rings. The largest absolute Gasteiger partial charge is 0.354 e. The minimum Gasteiger partial charge on any atom is -0.354 e. The fourth-order valence-corrected chi connectivity index (χ4v) is 8.21. The van der Waals surface area contributed by atoms with Crippen LogP contribution in [0.25, 0.3) is 0 Å². The van der Waals surface area contributed by atoms with Gasteiger partial charge in [-0.3, -0.25) is 33.6 Å². The van der Waals surface area contributed by atoms with E-state index in [0.29, 0.717) is 5.56 Å². The van der Waals surface area contributed by atoms with Crippen molar-refractivity contribution in [2.24, 2.45) is 0 Å². The van der Waals surface area contributed by atoms with Crippen molar-refractivity contribution in [1.29, 1.82) is 0 Å². The van der Waals surface area contributed by atoms with Crippen molar-refractivity contribution >= 4 is 69.0 Å². The second-order valence-corrected chi connectivity index (χ2v) is 14.2. The number of hydrogen-bond donors (Lipinski definition) is 3. The lowest BCUT2D eigenvalue weighted by Gasteiger charge is -2.27. The van der Waals surface area contributed by atoms with Gasteiger partial charge in [0.15, 0.2) is 34.7 Å². The summed E-state index contributed by atoms with van der Waals surface area (Å²) < 4.78 is 0. The number of fused-ring (bicyclic) bond motifs is 6. The second kappa shape index (κ2) is 13.4. The topological polar surface area (TPSA) is 156 Å². The highest BCUT2D eigenvalue weighted by Crippen LogP contribution is 2.43. The minimum atomic E-state index is -0.613. The summed E-state index contributed by atoms with van der Waals surface area (Å²) in [6.07, 6.45) is 0. The molecule has 0 fully saturated rings. The molecule has 7 aromatic carbocycles. The van der Waals surface area contributed by atoms with Crippen LogP contribution in [-0.2, 0) is 0 Å². The molecule has 3 aliphatic rings. The molecule has 10 rings (SSSR count). The lowest BCUT2D eigenvalue weighted by atomic mass is 9.80. The third-order valence-electron chi connectivity index (χ3n) is 10.9. The molecule has 0 unspecified atom stereocenters. The third kappa shape index (κ3) is 5.38. The van der Waals surface area contributed by atoms with Crippen LogP contribution >= 0.6 is 0 Å². The molecule has 0 saturated carbocycles. The van der Waals surface area contributed by atoms with Gasteiger partial charge in [-0.2, -0.15) is 0 Å². The quantitative estimate of drug-likeness (QED) is 0.151. The normalized spacial score (nSPS) is 13.4. The Hall–Kier alpha value is -8.37. The van der Waals surface area contributed by atoms with E-state index in [4.69, 9.17) is 0 Å². The first-order chi connectivity index (χ1) is 28.7. The Morgan fingerprint density at radius 2 is 0.627 bits per heavy atom. The van der Waals surface area contributed by atoms with E-state index in [-0.39, 0.29) is 113 Å². The zero-order valence-corrected chi connectivity index (χ0v) is 30.7. The van der Waals surface area contributed by atoms with Crippen molar-refractivity contribution in [3.8, 4) is 0 Å². The molecule has 0 heterocycles. The van der Waals surface area contributed by atoms with Crippen LogP contribution in [0.15, 0.2) is 146 Å². The number of nitrogens with one attached hydrogen (secondary N) is 3. The maximum absolute atomic E-state index is 15.1. The van der Waals surface area contributed by atoms with Crippen LogP contribution in [0.2, 0.25) is 0 Å². The Morgan fingerprint density at radius 3 is 1.12 bits per heavy atom. The molecule has 0 bridgehead atoms. The average Bonchev–Trinajstić information content (AvgIpc) is 3.27. The zero-order valence-electron chi connectivity index (χ0n) is 30.7. The second-order valence-electron chi connectivity index (χ2n) is 14.2. The molecule has 59 heavy (non-hydrogen) atoms. The summed E-state index contributed by atoms with van der Waals surface area (Å²) in [4.78, 5) is 98.4. The van der Waals surface area contributed by atoms with E-state index >= 15 is 4.79 Å². The van der Waals surface area contributed by atoms with Gasteiger partial charge in [0.05, 0.1) is 56.3 Å². The lowest BCUT2D eigenvalue weighted by Crippen LogP contribution is -2.27. The van der Waals surface area contributed by atoms with Crippen molar-refractivity contribution in [2.45, 2.75) is 0 Å². The number of carbonyl (C=O) groups is 7. The van der Waals surface area contributed by atoms with Crippen molar-refractivity contribution in [1.82, 2.24) is 0 Å². The smallest absolute Gasteiger partial charge is 0.255 e. The molecule has 1 amide bonds. The Labute approximate surface area is 335 Å². The van der Waals surface area contributed by atoms with E-state index < -0.39 is 23.3 Å². The molecule has 0 spiro atoms. The van der Waals surface area contributed by atoms with Crippen LogP contribution in [0.5, 0.6) is 0 Å². The predicted octanol–water partition coefficient (Wildman–Crippen LogP) is 8.75. The number of carbonyl (C=O) groups excluding carboxylic acids is 7. The van der Waals surface area contributed by atoms with Crippen molar-refractivity contribution in [3.63, 3.8) is 0 Å². The van der Waals surface area contributed by atoms with Crippen LogP contribution in [0, 0.1) is 0 Å². The number of benzene rings is 7. The average molecular weight is 770 g/mol. The van der Waals surface area contributed by atoms with Crippen LogP contribution in [0.1, 0.15) is 106 Å². The molecule has 0 aliphatic heterocycles. The summed E-state index contributed by atoms with van der Waals surface area (Å²) in [5.74, 6) is -3.10. The van der Waals surface area contributed by atoms with E-state index in [1.165, 1.54) is 12.1 Å². The number of amides is 1. The van der Waals surface area contributed by atoms with Gasteiger partial charge >= 0.3 is 0 Å². The molecule has 10 heteroatoms. The molecule has 0 atom stereocenters. The van der Waals surface area contributed by atoms with Gasteiger partial charge in [-0.25, -0.2) is 0 Å². The number of hydrogen-bond acceptors (Lipinski definition) is 9. The van der Waals surface area contributed by atoms with E-state index in [2.05, 4.69) is 16.0 Å². The fraction of sp³-hybridized carbons (Fsp3) is 0.